The van der Waals surface area contributed by atoms with Crippen molar-refractivity contribution in [1.29, 1.82) is 0 Å². The van der Waals surface area contributed by atoms with Gasteiger partial charge in [-0.25, -0.2) is 0 Å². The molecule has 15 heavy (non-hydrogen) atoms. The fourth-order valence-corrected chi connectivity index (χ4v) is 2.25. The molecule has 2 rings (SSSR count). The third kappa shape index (κ3) is 2.70. The van der Waals surface area contributed by atoms with Crippen LogP contribution in [0.1, 0.15) is 44.9 Å². The van der Waals surface area contributed by atoms with Crippen LogP contribution in [0, 0.1) is 12.8 Å². The summed E-state index contributed by atoms with van der Waals surface area (Å²) in [4.78, 5) is 4.16. The van der Waals surface area contributed by atoms with E-state index < -0.39 is 0 Å². The van der Waals surface area contributed by atoms with Crippen LogP contribution in [0.25, 0.3) is 0 Å². The summed E-state index contributed by atoms with van der Waals surface area (Å²) in [6.45, 7) is 4.11. The summed E-state index contributed by atoms with van der Waals surface area (Å²) in [6.07, 6.45) is 6.40. The van der Waals surface area contributed by atoms with E-state index in [1.54, 1.807) is 0 Å². The molecular weight excluding hydrogens is 190 g/mol. The van der Waals surface area contributed by atoms with Crippen molar-refractivity contribution in [3.05, 3.63) is 5.82 Å². The Morgan fingerprint density at radius 1 is 1.33 bits per heavy atom. The fraction of sp³-hybridized carbons (Fsp3) is 0.818. The molecule has 84 valence electrons. The minimum absolute atomic E-state index is 0.521. The van der Waals surface area contributed by atoms with Crippen LogP contribution in [-0.4, -0.2) is 16.2 Å². The largest absolute Gasteiger partial charge is 0.335 e. The average molecular weight is 209 g/mol. The topological polar surface area (TPSA) is 51.0 Å². The minimum Gasteiger partial charge on any atom is -0.335 e. The second kappa shape index (κ2) is 4.64. The van der Waals surface area contributed by atoms with Crippen LogP contribution in [0.5, 0.6) is 0 Å². The van der Waals surface area contributed by atoms with Gasteiger partial charge < -0.3 is 9.84 Å². The molecule has 1 fully saturated rings. The zero-order valence-electron chi connectivity index (χ0n) is 9.49. The van der Waals surface area contributed by atoms with E-state index in [-0.39, 0.29) is 0 Å². The summed E-state index contributed by atoms with van der Waals surface area (Å²) in [5.74, 6) is 1.62. The molecule has 0 unspecified atom stereocenters. The van der Waals surface area contributed by atoms with E-state index in [0.29, 0.717) is 17.9 Å². The predicted octanol–water partition coefficient (Wildman–Crippen LogP) is 2.76. The number of aryl methyl sites for hydroxylation is 1. The third-order valence-electron chi connectivity index (χ3n) is 3.28. The van der Waals surface area contributed by atoms with Crippen LogP contribution in [0.3, 0.4) is 0 Å². The molecule has 1 heterocycles. The zero-order chi connectivity index (χ0) is 10.7. The van der Waals surface area contributed by atoms with E-state index in [2.05, 4.69) is 22.4 Å². The van der Waals surface area contributed by atoms with Crippen LogP contribution in [0.4, 0.5) is 6.01 Å². The Morgan fingerprint density at radius 3 is 2.60 bits per heavy atom. The van der Waals surface area contributed by atoms with Gasteiger partial charge in [0.15, 0.2) is 5.82 Å². The summed E-state index contributed by atoms with van der Waals surface area (Å²) >= 11 is 0. The number of rotatable bonds is 3. The monoisotopic (exact) mass is 209 g/mol. The maximum absolute atomic E-state index is 5.05. The molecule has 1 aromatic rings. The van der Waals surface area contributed by atoms with E-state index in [1.165, 1.54) is 32.1 Å². The van der Waals surface area contributed by atoms with Crippen molar-refractivity contribution in [3.63, 3.8) is 0 Å². The fourth-order valence-electron chi connectivity index (χ4n) is 2.25. The number of hydrogen-bond acceptors (Lipinski definition) is 4. The van der Waals surface area contributed by atoms with Crippen molar-refractivity contribution in [2.75, 3.05) is 5.32 Å². The SMILES string of the molecule is CCC1CCC(Nc2nc(C)no2)CC1. The van der Waals surface area contributed by atoms with Crippen LogP contribution in [-0.2, 0) is 0 Å². The highest BCUT2D eigenvalue weighted by molar-refractivity contribution is 5.20. The lowest BCUT2D eigenvalue weighted by Gasteiger charge is -2.27. The molecule has 0 amide bonds. The number of aromatic nitrogens is 2. The highest BCUT2D eigenvalue weighted by Gasteiger charge is 2.20. The summed E-state index contributed by atoms with van der Waals surface area (Å²) in [7, 11) is 0. The Kier molecular flexibility index (Phi) is 3.23. The molecule has 4 nitrogen and oxygen atoms in total. The second-order valence-electron chi connectivity index (χ2n) is 4.42. The molecule has 0 spiro atoms. The van der Waals surface area contributed by atoms with E-state index in [9.17, 15) is 0 Å². The Bertz CT molecular complexity index is 303. The normalized spacial score (nSPS) is 26.5. The molecular formula is C11H19N3O. The van der Waals surface area contributed by atoms with Crippen molar-refractivity contribution >= 4 is 6.01 Å². The lowest BCUT2D eigenvalue weighted by molar-refractivity contribution is 0.323. The van der Waals surface area contributed by atoms with Gasteiger partial charge in [-0.15, -0.1) is 0 Å². The first-order valence-corrected chi connectivity index (χ1v) is 5.84. The van der Waals surface area contributed by atoms with E-state index >= 15 is 0 Å². The molecule has 4 heteroatoms. The van der Waals surface area contributed by atoms with Gasteiger partial charge in [0.1, 0.15) is 0 Å². The smallest absolute Gasteiger partial charge is 0.321 e. The minimum atomic E-state index is 0.521. The first-order chi connectivity index (χ1) is 7.28. The van der Waals surface area contributed by atoms with Gasteiger partial charge in [-0.2, -0.15) is 4.98 Å². The molecule has 1 aliphatic rings. The molecule has 0 bridgehead atoms. The number of nitrogens with zero attached hydrogens (tertiary/aromatic N) is 2. The van der Waals surface area contributed by atoms with E-state index in [1.807, 2.05) is 6.92 Å². The van der Waals surface area contributed by atoms with Crippen LogP contribution < -0.4 is 5.32 Å². The van der Waals surface area contributed by atoms with Crippen LogP contribution in [0.2, 0.25) is 0 Å². The highest BCUT2D eigenvalue weighted by atomic mass is 16.5. The van der Waals surface area contributed by atoms with Crippen molar-refractivity contribution in [2.45, 2.75) is 52.0 Å². The summed E-state index contributed by atoms with van der Waals surface area (Å²) in [5.41, 5.74) is 0. The average Bonchev–Trinajstić information content (AvgIpc) is 2.65. The molecule has 0 aliphatic heterocycles. The van der Waals surface area contributed by atoms with Gasteiger partial charge in [0, 0.05) is 6.04 Å². The lowest BCUT2D eigenvalue weighted by atomic mass is 9.85. The number of nitrogens with one attached hydrogen (secondary N) is 1. The van der Waals surface area contributed by atoms with Crippen molar-refractivity contribution < 1.29 is 4.52 Å². The molecule has 0 aromatic carbocycles. The molecule has 1 aliphatic carbocycles. The Hall–Kier alpha value is -1.06. The maximum Gasteiger partial charge on any atom is 0.321 e. The lowest BCUT2D eigenvalue weighted by Crippen LogP contribution is -2.25. The Morgan fingerprint density at radius 2 is 2.07 bits per heavy atom. The van der Waals surface area contributed by atoms with Gasteiger partial charge in [0.05, 0.1) is 0 Å². The quantitative estimate of drug-likeness (QED) is 0.831. The van der Waals surface area contributed by atoms with Crippen molar-refractivity contribution in [3.8, 4) is 0 Å². The number of hydrogen-bond donors (Lipinski definition) is 1. The Balaban J connectivity index is 1.82. The van der Waals surface area contributed by atoms with Crippen molar-refractivity contribution in [1.82, 2.24) is 10.1 Å². The first kappa shape index (κ1) is 10.5. The molecule has 1 aromatic heterocycles. The molecule has 1 saturated carbocycles. The summed E-state index contributed by atoms with van der Waals surface area (Å²) in [5, 5.41) is 7.07. The predicted molar refractivity (Wildman–Crippen MR) is 58.7 cm³/mol. The molecule has 0 radical (unpaired) electrons. The zero-order valence-corrected chi connectivity index (χ0v) is 9.49. The van der Waals surface area contributed by atoms with Crippen LogP contribution >= 0.6 is 0 Å². The van der Waals surface area contributed by atoms with E-state index in [4.69, 9.17) is 4.52 Å². The third-order valence-corrected chi connectivity index (χ3v) is 3.28. The standard InChI is InChI=1S/C11H19N3O/c1-3-9-4-6-10(7-5-9)13-11-12-8(2)14-15-11/h9-10H,3-7H2,1-2H3,(H,12,13,14). The number of anilines is 1. The highest BCUT2D eigenvalue weighted by Crippen LogP contribution is 2.27. The maximum atomic E-state index is 5.05. The van der Waals surface area contributed by atoms with E-state index in [0.717, 1.165) is 5.92 Å². The first-order valence-electron chi connectivity index (χ1n) is 5.84. The molecule has 0 saturated heterocycles. The summed E-state index contributed by atoms with van der Waals surface area (Å²) in [6, 6.07) is 1.10. The van der Waals surface area contributed by atoms with Gasteiger partial charge >= 0.3 is 6.01 Å². The molecule has 1 N–H and O–H groups in total. The van der Waals surface area contributed by atoms with Crippen molar-refractivity contribution in [2.24, 2.45) is 5.92 Å². The van der Waals surface area contributed by atoms with Crippen LogP contribution in [0.15, 0.2) is 4.52 Å². The van der Waals surface area contributed by atoms with Gasteiger partial charge in [0.25, 0.3) is 0 Å². The summed E-state index contributed by atoms with van der Waals surface area (Å²) < 4.78 is 5.05. The van der Waals surface area contributed by atoms with Gasteiger partial charge in [-0.3, -0.25) is 0 Å². The Labute approximate surface area is 90.4 Å². The van der Waals surface area contributed by atoms with Gasteiger partial charge in [-0.05, 0) is 38.5 Å². The van der Waals surface area contributed by atoms with Gasteiger partial charge in [-0.1, -0.05) is 18.5 Å². The molecule has 0 atom stereocenters. The van der Waals surface area contributed by atoms with Gasteiger partial charge in [0.2, 0.25) is 0 Å². The second-order valence-corrected chi connectivity index (χ2v) is 4.42.